The number of hydrogen-bond donors (Lipinski definition) is 1. The molecule has 0 aromatic heterocycles. The van der Waals surface area contributed by atoms with Crippen LogP contribution < -0.4 is 10.5 Å². The summed E-state index contributed by atoms with van der Waals surface area (Å²) in [7, 11) is 0. The van der Waals surface area contributed by atoms with Crippen molar-refractivity contribution >= 4 is 23.4 Å². The third-order valence-corrected chi connectivity index (χ3v) is 2.51. The minimum absolute atomic E-state index is 0.0175. The second kappa shape index (κ2) is 7.06. The van der Waals surface area contributed by atoms with Crippen LogP contribution in [0.3, 0.4) is 0 Å². The number of benzene rings is 1. The van der Waals surface area contributed by atoms with Crippen molar-refractivity contribution in [3.8, 4) is 5.75 Å². The van der Waals surface area contributed by atoms with Crippen LogP contribution in [0.5, 0.6) is 5.75 Å². The van der Waals surface area contributed by atoms with Gasteiger partial charge in [0.1, 0.15) is 5.82 Å². The summed E-state index contributed by atoms with van der Waals surface area (Å²) in [5.74, 6) is -0.681. The summed E-state index contributed by atoms with van der Waals surface area (Å²) in [6.07, 6.45) is 1.89. The first-order valence-electron chi connectivity index (χ1n) is 5.63. The fourth-order valence-corrected chi connectivity index (χ4v) is 1.44. The van der Waals surface area contributed by atoms with Gasteiger partial charge in [-0.2, -0.15) is 0 Å². The van der Waals surface area contributed by atoms with Crippen molar-refractivity contribution in [3.05, 3.63) is 23.0 Å². The van der Waals surface area contributed by atoms with Crippen LogP contribution >= 0.6 is 11.6 Å². The SMILES string of the molecule is CCCCCOC(=O)Oc1cc(N)c(F)cc1Cl. The molecule has 4 nitrogen and oxygen atoms in total. The van der Waals surface area contributed by atoms with Gasteiger partial charge in [-0.05, 0) is 12.5 Å². The van der Waals surface area contributed by atoms with Gasteiger partial charge < -0.3 is 15.2 Å². The van der Waals surface area contributed by atoms with Crippen LogP contribution in [0.4, 0.5) is 14.9 Å². The number of nitrogens with two attached hydrogens (primary N) is 1. The zero-order valence-electron chi connectivity index (χ0n) is 10.0. The molecular formula is C12H15ClFNO3. The second-order valence-electron chi connectivity index (χ2n) is 3.71. The van der Waals surface area contributed by atoms with E-state index in [4.69, 9.17) is 26.8 Å². The van der Waals surface area contributed by atoms with Crippen molar-refractivity contribution in [1.29, 1.82) is 0 Å². The van der Waals surface area contributed by atoms with Crippen molar-refractivity contribution in [2.45, 2.75) is 26.2 Å². The molecule has 6 heteroatoms. The van der Waals surface area contributed by atoms with Gasteiger partial charge in [-0.1, -0.05) is 31.4 Å². The van der Waals surface area contributed by atoms with Crippen LogP contribution in [0.1, 0.15) is 26.2 Å². The maximum Gasteiger partial charge on any atom is 0.513 e. The lowest BCUT2D eigenvalue weighted by Gasteiger charge is -2.08. The number of halogens is 2. The summed E-state index contributed by atoms with van der Waals surface area (Å²) in [6.45, 7) is 2.32. The summed E-state index contributed by atoms with van der Waals surface area (Å²) in [6, 6.07) is 2.13. The van der Waals surface area contributed by atoms with Gasteiger partial charge in [0.25, 0.3) is 0 Å². The molecule has 100 valence electrons. The maximum absolute atomic E-state index is 13.0. The van der Waals surface area contributed by atoms with Gasteiger partial charge >= 0.3 is 6.16 Å². The van der Waals surface area contributed by atoms with E-state index in [0.717, 1.165) is 31.4 Å². The Morgan fingerprint density at radius 2 is 2.17 bits per heavy atom. The Balaban J connectivity index is 2.51. The number of rotatable bonds is 5. The van der Waals surface area contributed by atoms with Crippen LogP contribution in [0.15, 0.2) is 12.1 Å². The van der Waals surface area contributed by atoms with Crippen molar-refractivity contribution in [1.82, 2.24) is 0 Å². The number of hydrogen-bond acceptors (Lipinski definition) is 4. The molecule has 0 atom stereocenters. The fourth-order valence-electron chi connectivity index (χ4n) is 1.25. The van der Waals surface area contributed by atoms with Gasteiger partial charge in [0.05, 0.1) is 17.3 Å². The molecule has 0 fully saturated rings. The zero-order valence-corrected chi connectivity index (χ0v) is 10.8. The highest BCUT2D eigenvalue weighted by atomic mass is 35.5. The third kappa shape index (κ3) is 4.41. The van der Waals surface area contributed by atoms with E-state index in [-0.39, 0.29) is 23.1 Å². The lowest BCUT2D eigenvalue weighted by atomic mass is 10.3. The van der Waals surface area contributed by atoms with Crippen LogP contribution in [0.2, 0.25) is 5.02 Å². The molecule has 18 heavy (non-hydrogen) atoms. The highest BCUT2D eigenvalue weighted by molar-refractivity contribution is 6.32. The molecule has 0 aliphatic heterocycles. The van der Waals surface area contributed by atoms with Gasteiger partial charge in [0, 0.05) is 6.07 Å². The van der Waals surface area contributed by atoms with E-state index >= 15 is 0 Å². The van der Waals surface area contributed by atoms with Gasteiger partial charge in [-0.15, -0.1) is 0 Å². The Hall–Kier alpha value is -1.49. The van der Waals surface area contributed by atoms with E-state index in [1.807, 2.05) is 6.92 Å². The highest BCUT2D eigenvalue weighted by Gasteiger charge is 2.12. The lowest BCUT2D eigenvalue weighted by Crippen LogP contribution is -2.12. The van der Waals surface area contributed by atoms with E-state index in [2.05, 4.69) is 0 Å². The second-order valence-corrected chi connectivity index (χ2v) is 4.12. The summed E-state index contributed by atoms with van der Waals surface area (Å²) in [5.41, 5.74) is 5.19. The first-order valence-corrected chi connectivity index (χ1v) is 6.01. The molecule has 1 aromatic carbocycles. The molecule has 0 heterocycles. The Kier molecular flexibility index (Phi) is 5.71. The molecule has 0 saturated heterocycles. The molecule has 0 bridgehead atoms. The summed E-state index contributed by atoms with van der Waals surface area (Å²) < 4.78 is 22.6. The van der Waals surface area contributed by atoms with Gasteiger partial charge in [0.15, 0.2) is 5.75 Å². The summed E-state index contributed by atoms with van der Waals surface area (Å²) in [5, 5.41) is -0.0350. The number of ether oxygens (including phenoxy) is 2. The van der Waals surface area contributed by atoms with E-state index in [1.165, 1.54) is 0 Å². The monoisotopic (exact) mass is 275 g/mol. The Bertz CT molecular complexity index is 426. The van der Waals surface area contributed by atoms with Crippen molar-refractivity contribution in [3.63, 3.8) is 0 Å². The van der Waals surface area contributed by atoms with E-state index in [9.17, 15) is 9.18 Å². The Morgan fingerprint density at radius 1 is 1.44 bits per heavy atom. The molecule has 0 saturated carbocycles. The minimum Gasteiger partial charge on any atom is -0.434 e. The van der Waals surface area contributed by atoms with E-state index in [0.29, 0.717) is 0 Å². The third-order valence-electron chi connectivity index (χ3n) is 2.21. The smallest absolute Gasteiger partial charge is 0.434 e. The predicted octanol–water partition coefficient (Wildman–Crippen LogP) is 3.77. The molecule has 0 aliphatic rings. The molecule has 0 radical (unpaired) electrons. The van der Waals surface area contributed by atoms with E-state index in [1.54, 1.807) is 0 Å². The lowest BCUT2D eigenvalue weighted by molar-refractivity contribution is 0.0974. The molecule has 0 spiro atoms. The normalized spacial score (nSPS) is 10.2. The first kappa shape index (κ1) is 14.6. The van der Waals surface area contributed by atoms with Crippen molar-refractivity contribution < 1.29 is 18.7 Å². The number of unbranched alkanes of at least 4 members (excludes halogenated alkanes) is 2. The van der Waals surface area contributed by atoms with Crippen LogP contribution in [-0.2, 0) is 4.74 Å². The van der Waals surface area contributed by atoms with Gasteiger partial charge in [-0.3, -0.25) is 0 Å². The first-order chi connectivity index (χ1) is 8.54. The standard InChI is InChI=1S/C12H15ClFNO3/c1-2-3-4-5-17-12(16)18-11-7-10(15)9(14)6-8(11)13/h6-7H,2-5,15H2,1H3. The number of nitrogen functional groups attached to an aromatic ring is 1. The molecule has 2 N–H and O–H groups in total. The number of anilines is 1. The fraction of sp³-hybridized carbons (Fsp3) is 0.417. The molecule has 0 unspecified atom stereocenters. The average molecular weight is 276 g/mol. The maximum atomic E-state index is 13.0. The van der Waals surface area contributed by atoms with E-state index < -0.39 is 12.0 Å². The Morgan fingerprint density at radius 3 is 2.83 bits per heavy atom. The average Bonchev–Trinajstić information content (AvgIpc) is 2.32. The van der Waals surface area contributed by atoms with Crippen LogP contribution in [-0.4, -0.2) is 12.8 Å². The van der Waals surface area contributed by atoms with Crippen LogP contribution in [0, 0.1) is 5.82 Å². The molecule has 1 aromatic rings. The summed E-state index contributed by atoms with van der Waals surface area (Å²) in [4.78, 5) is 11.3. The Labute approximate surface area is 110 Å². The molecule has 1 rings (SSSR count). The summed E-state index contributed by atoms with van der Waals surface area (Å²) >= 11 is 5.70. The molecule has 0 aliphatic carbocycles. The zero-order chi connectivity index (χ0) is 13.5. The molecular weight excluding hydrogens is 261 g/mol. The van der Waals surface area contributed by atoms with Crippen LogP contribution in [0.25, 0.3) is 0 Å². The molecule has 0 amide bonds. The van der Waals surface area contributed by atoms with Gasteiger partial charge in [-0.25, -0.2) is 9.18 Å². The highest BCUT2D eigenvalue weighted by Crippen LogP contribution is 2.29. The quantitative estimate of drug-likeness (QED) is 0.385. The predicted molar refractivity (Wildman–Crippen MR) is 67.3 cm³/mol. The van der Waals surface area contributed by atoms with Gasteiger partial charge in [0.2, 0.25) is 0 Å². The topological polar surface area (TPSA) is 61.5 Å². The van der Waals surface area contributed by atoms with Crippen molar-refractivity contribution in [2.75, 3.05) is 12.3 Å². The minimum atomic E-state index is -0.876. The van der Waals surface area contributed by atoms with Crippen molar-refractivity contribution in [2.24, 2.45) is 0 Å². The number of carbonyl (C=O) groups excluding carboxylic acids is 1. The number of carbonyl (C=O) groups is 1. The largest absolute Gasteiger partial charge is 0.513 e.